The molecule has 0 atom stereocenters. The van der Waals surface area contributed by atoms with Crippen molar-refractivity contribution in [2.24, 2.45) is 10.7 Å². The molecule has 0 aromatic rings. The third-order valence-electron chi connectivity index (χ3n) is 1.20. The quantitative estimate of drug-likeness (QED) is 0.550. The maximum Gasteiger partial charge on any atom is 0.0267 e. The smallest absolute Gasteiger partial charge is 0.0267 e. The van der Waals surface area contributed by atoms with E-state index in [9.17, 15) is 0 Å². The number of hydrogen-bond acceptors (Lipinski definition) is 2. The second kappa shape index (κ2) is 3.20. The highest BCUT2D eigenvalue weighted by molar-refractivity contribution is 5.61. The molecule has 0 radical (unpaired) electrons. The van der Waals surface area contributed by atoms with Crippen molar-refractivity contribution in [2.45, 2.75) is 6.42 Å². The van der Waals surface area contributed by atoms with Crippen LogP contribution in [0.1, 0.15) is 6.42 Å². The summed E-state index contributed by atoms with van der Waals surface area (Å²) < 4.78 is 0. The van der Waals surface area contributed by atoms with Crippen LogP contribution in [0.3, 0.4) is 0 Å². The second-order valence-electron chi connectivity index (χ2n) is 1.87. The molecule has 0 unspecified atom stereocenters. The average Bonchev–Trinajstić information content (AvgIpc) is 2.13. The molecule has 0 aromatic heterocycles. The van der Waals surface area contributed by atoms with Gasteiger partial charge in [-0.15, -0.1) is 0 Å². The molecule has 9 heavy (non-hydrogen) atoms. The van der Waals surface area contributed by atoms with Crippen LogP contribution in [0.25, 0.3) is 0 Å². The van der Waals surface area contributed by atoms with Gasteiger partial charge in [0.2, 0.25) is 0 Å². The van der Waals surface area contributed by atoms with Crippen LogP contribution < -0.4 is 5.73 Å². The fourth-order valence-corrected chi connectivity index (χ4v) is 0.684. The summed E-state index contributed by atoms with van der Waals surface area (Å²) in [7, 11) is 0. The van der Waals surface area contributed by atoms with Gasteiger partial charge < -0.3 is 5.73 Å². The molecule has 0 saturated carbocycles. The molecule has 1 aliphatic rings. The van der Waals surface area contributed by atoms with Crippen molar-refractivity contribution in [2.75, 3.05) is 6.54 Å². The van der Waals surface area contributed by atoms with Crippen LogP contribution in [0.2, 0.25) is 0 Å². The van der Waals surface area contributed by atoms with E-state index >= 15 is 0 Å². The molecule has 0 aromatic carbocycles. The SMILES string of the molecule is NCC1=CCC=NC=C1. The maximum absolute atomic E-state index is 5.40. The Kier molecular flexibility index (Phi) is 2.22. The highest BCUT2D eigenvalue weighted by atomic mass is 14.7. The molecular weight excluding hydrogens is 112 g/mol. The largest absolute Gasteiger partial charge is 0.327 e. The van der Waals surface area contributed by atoms with Crippen LogP contribution in [0, 0.1) is 0 Å². The Bertz CT molecular complexity index is 166. The van der Waals surface area contributed by atoms with Crippen molar-refractivity contribution < 1.29 is 0 Å². The van der Waals surface area contributed by atoms with Crippen LogP contribution in [-0.4, -0.2) is 12.8 Å². The topological polar surface area (TPSA) is 38.4 Å². The van der Waals surface area contributed by atoms with E-state index in [-0.39, 0.29) is 0 Å². The lowest BCUT2D eigenvalue weighted by Gasteiger charge is -1.90. The molecule has 1 heterocycles. The Balaban J connectivity index is 2.63. The normalized spacial score (nSPS) is 17.2. The number of hydrogen-bond donors (Lipinski definition) is 1. The van der Waals surface area contributed by atoms with Crippen molar-refractivity contribution >= 4 is 6.21 Å². The lowest BCUT2D eigenvalue weighted by atomic mass is 10.2. The van der Waals surface area contributed by atoms with E-state index in [0.717, 1.165) is 12.0 Å². The van der Waals surface area contributed by atoms with Crippen molar-refractivity contribution in [3.8, 4) is 0 Å². The number of aliphatic imine (C=N–C) groups is 1. The highest BCUT2D eigenvalue weighted by Gasteiger charge is 1.87. The molecule has 0 aliphatic carbocycles. The predicted octanol–water partition coefficient (Wildman–Crippen LogP) is 0.860. The van der Waals surface area contributed by atoms with Gasteiger partial charge in [-0.2, -0.15) is 0 Å². The number of allylic oxidation sites excluding steroid dienone is 1. The summed E-state index contributed by atoms with van der Waals surface area (Å²) in [4.78, 5) is 3.96. The lowest BCUT2D eigenvalue weighted by molar-refractivity contribution is 1.17. The zero-order valence-electron chi connectivity index (χ0n) is 5.25. The summed E-state index contributed by atoms with van der Waals surface area (Å²) >= 11 is 0. The molecule has 2 nitrogen and oxygen atoms in total. The van der Waals surface area contributed by atoms with Gasteiger partial charge in [-0.1, -0.05) is 6.08 Å². The first-order valence-corrected chi connectivity index (χ1v) is 3.01. The number of nitrogens with zero attached hydrogens (tertiary/aromatic N) is 1. The third-order valence-corrected chi connectivity index (χ3v) is 1.20. The molecule has 1 rings (SSSR count). The van der Waals surface area contributed by atoms with Crippen LogP contribution in [-0.2, 0) is 0 Å². The van der Waals surface area contributed by atoms with Gasteiger partial charge >= 0.3 is 0 Å². The zero-order chi connectivity index (χ0) is 6.53. The van der Waals surface area contributed by atoms with E-state index in [2.05, 4.69) is 11.1 Å². The summed E-state index contributed by atoms with van der Waals surface area (Å²) in [6.45, 7) is 0.611. The summed E-state index contributed by atoms with van der Waals surface area (Å²) in [5.41, 5.74) is 6.56. The molecule has 1 aliphatic heterocycles. The minimum absolute atomic E-state index is 0.611. The van der Waals surface area contributed by atoms with Crippen molar-refractivity contribution in [3.05, 3.63) is 23.9 Å². The second-order valence-corrected chi connectivity index (χ2v) is 1.87. The number of nitrogens with two attached hydrogens (primary N) is 1. The van der Waals surface area contributed by atoms with Gasteiger partial charge in [0.05, 0.1) is 0 Å². The molecule has 0 amide bonds. The molecule has 0 fully saturated rings. The van der Waals surface area contributed by atoms with Gasteiger partial charge in [-0.3, -0.25) is 4.99 Å². The van der Waals surface area contributed by atoms with Gasteiger partial charge in [0.1, 0.15) is 0 Å². The first-order valence-electron chi connectivity index (χ1n) is 3.01. The molecule has 0 bridgehead atoms. The minimum atomic E-state index is 0.611. The van der Waals surface area contributed by atoms with Gasteiger partial charge in [-0.05, 0) is 11.6 Å². The Hall–Kier alpha value is -0.890. The van der Waals surface area contributed by atoms with Crippen molar-refractivity contribution in [1.29, 1.82) is 0 Å². The van der Waals surface area contributed by atoms with Gasteiger partial charge in [0.15, 0.2) is 0 Å². The Morgan fingerprint density at radius 2 is 2.56 bits per heavy atom. The molecule has 48 valence electrons. The molecule has 0 spiro atoms. The van der Waals surface area contributed by atoms with E-state index in [1.807, 2.05) is 12.3 Å². The molecule has 0 saturated heterocycles. The Morgan fingerprint density at radius 1 is 1.67 bits per heavy atom. The van der Waals surface area contributed by atoms with E-state index in [1.54, 1.807) is 6.20 Å². The van der Waals surface area contributed by atoms with Gasteiger partial charge in [0.25, 0.3) is 0 Å². The standard InChI is InChI=1S/C7H10N2/c8-6-7-2-1-4-9-5-3-7/h2-5H,1,6,8H2. The predicted molar refractivity (Wildman–Crippen MR) is 39.4 cm³/mol. The van der Waals surface area contributed by atoms with E-state index in [1.165, 1.54) is 0 Å². The Morgan fingerprint density at radius 3 is 3.33 bits per heavy atom. The maximum atomic E-state index is 5.40. The van der Waals surface area contributed by atoms with Crippen LogP contribution in [0.5, 0.6) is 0 Å². The van der Waals surface area contributed by atoms with Crippen LogP contribution in [0.15, 0.2) is 28.9 Å². The monoisotopic (exact) mass is 122 g/mol. The Labute approximate surface area is 54.8 Å². The first kappa shape index (κ1) is 6.23. The highest BCUT2D eigenvalue weighted by Crippen LogP contribution is 1.99. The number of rotatable bonds is 1. The fraction of sp³-hybridized carbons (Fsp3) is 0.286. The first-order chi connectivity index (χ1) is 4.43. The minimum Gasteiger partial charge on any atom is -0.327 e. The van der Waals surface area contributed by atoms with E-state index in [4.69, 9.17) is 5.73 Å². The van der Waals surface area contributed by atoms with E-state index < -0.39 is 0 Å². The lowest BCUT2D eigenvalue weighted by Crippen LogP contribution is -2.00. The fourth-order valence-electron chi connectivity index (χ4n) is 0.684. The van der Waals surface area contributed by atoms with Gasteiger partial charge in [0, 0.05) is 25.4 Å². The van der Waals surface area contributed by atoms with E-state index in [0.29, 0.717) is 6.54 Å². The molecular formula is C7H10N2. The van der Waals surface area contributed by atoms with Gasteiger partial charge in [-0.25, -0.2) is 0 Å². The zero-order valence-corrected chi connectivity index (χ0v) is 5.25. The van der Waals surface area contributed by atoms with Crippen LogP contribution in [0.4, 0.5) is 0 Å². The summed E-state index contributed by atoms with van der Waals surface area (Å²) in [6.07, 6.45) is 8.54. The van der Waals surface area contributed by atoms with Crippen molar-refractivity contribution in [1.82, 2.24) is 0 Å². The summed E-state index contributed by atoms with van der Waals surface area (Å²) in [5, 5.41) is 0. The summed E-state index contributed by atoms with van der Waals surface area (Å²) in [6, 6.07) is 0. The average molecular weight is 122 g/mol. The summed E-state index contributed by atoms with van der Waals surface area (Å²) in [5.74, 6) is 0. The molecule has 2 N–H and O–H groups in total. The molecule has 2 heteroatoms. The van der Waals surface area contributed by atoms with Crippen molar-refractivity contribution in [3.63, 3.8) is 0 Å². The van der Waals surface area contributed by atoms with Crippen LogP contribution >= 0.6 is 0 Å². The third kappa shape index (κ3) is 1.82.